The number of rotatable bonds is 4. The number of nitrogens with one attached hydrogen (secondary N) is 1. The lowest BCUT2D eigenvalue weighted by Crippen LogP contribution is -2.19. The van der Waals surface area contributed by atoms with Crippen LogP contribution in [0.25, 0.3) is 0 Å². The minimum atomic E-state index is 0.241. The van der Waals surface area contributed by atoms with Gasteiger partial charge in [0.15, 0.2) is 0 Å². The molecule has 2 heterocycles. The molecular formula is C14H20N4S. The van der Waals surface area contributed by atoms with Gasteiger partial charge in [-0.3, -0.25) is 0 Å². The molecule has 2 aromatic heterocycles. The Hall–Kier alpha value is -1.36. The van der Waals surface area contributed by atoms with Gasteiger partial charge in [0, 0.05) is 29.5 Å². The summed E-state index contributed by atoms with van der Waals surface area (Å²) >= 11 is 1.72. The van der Waals surface area contributed by atoms with E-state index in [1.807, 2.05) is 19.3 Å². The van der Waals surface area contributed by atoms with Crippen LogP contribution in [-0.4, -0.2) is 20.6 Å². The first-order valence-electron chi connectivity index (χ1n) is 6.95. The second-order valence-electron chi connectivity index (χ2n) is 5.29. The van der Waals surface area contributed by atoms with Crippen molar-refractivity contribution in [2.24, 2.45) is 0 Å². The van der Waals surface area contributed by atoms with Crippen molar-refractivity contribution in [3.8, 4) is 0 Å². The van der Waals surface area contributed by atoms with Crippen molar-refractivity contribution in [1.29, 1.82) is 0 Å². The van der Waals surface area contributed by atoms with Crippen molar-refractivity contribution < 1.29 is 0 Å². The fourth-order valence-corrected chi connectivity index (χ4v) is 3.52. The lowest BCUT2D eigenvalue weighted by Gasteiger charge is -2.18. The Morgan fingerprint density at radius 1 is 1.42 bits per heavy atom. The van der Waals surface area contributed by atoms with E-state index in [0.29, 0.717) is 6.04 Å². The van der Waals surface area contributed by atoms with E-state index >= 15 is 0 Å². The molecule has 19 heavy (non-hydrogen) atoms. The van der Waals surface area contributed by atoms with Gasteiger partial charge in [-0.05, 0) is 26.7 Å². The molecule has 1 fully saturated rings. The zero-order chi connectivity index (χ0) is 13.2. The summed E-state index contributed by atoms with van der Waals surface area (Å²) < 4.78 is 2.19. The highest BCUT2D eigenvalue weighted by Crippen LogP contribution is 2.27. The molecule has 0 aliphatic heterocycles. The fourth-order valence-electron chi connectivity index (χ4n) is 2.67. The zero-order valence-corrected chi connectivity index (χ0v) is 12.3. The molecule has 1 aliphatic rings. The van der Waals surface area contributed by atoms with E-state index in [9.17, 15) is 0 Å². The van der Waals surface area contributed by atoms with Gasteiger partial charge in [0.05, 0.1) is 6.04 Å². The van der Waals surface area contributed by atoms with Crippen LogP contribution in [0.3, 0.4) is 0 Å². The average Bonchev–Trinajstić information content (AvgIpc) is 3.10. The van der Waals surface area contributed by atoms with Crippen LogP contribution >= 0.6 is 11.3 Å². The SMILES string of the molecule is Cc1csc(C(C)n2ccnc2NC2CCCC2)n1. The van der Waals surface area contributed by atoms with Crippen LogP contribution in [-0.2, 0) is 0 Å². The van der Waals surface area contributed by atoms with Crippen molar-refractivity contribution in [2.45, 2.75) is 51.6 Å². The molecule has 1 unspecified atom stereocenters. The Morgan fingerprint density at radius 3 is 2.89 bits per heavy atom. The molecule has 2 aromatic rings. The molecule has 102 valence electrons. The van der Waals surface area contributed by atoms with Gasteiger partial charge in [-0.15, -0.1) is 11.3 Å². The Morgan fingerprint density at radius 2 is 2.21 bits per heavy atom. The largest absolute Gasteiger partial charge is 0.353 e. The Balaban J connectivity index is 1.78. The number of hydrogen-bond acceptors (Lipinski definition) is 4. The molecule has 1 N–H and O–H groups in total. The van der Waals surface area contributed by atoms with E-state index < -0.39 is 0 Å². The van der Waals surface area contributed by atoms with Crippen LogP contribution in [0.15, 0.2) is 17.8 Å². The summed E-state index contributed by atoms with van der Waals surface area (Å²) in [6, 6.07) is 0.830. The third kappa shape index (κ3) is 2.66. The molecule has 0 spiro atoms. The fraction of sp³-hybridized carbons (Fsp3) is 0.571. The third-order valence-corrected chi connectivity index (χ3v) is 4.90. The number of thiazole rings is 1. The van der Waals surface area contributed by atoms with Gasteiger partial charge in [0.1, 0.15) is 5.01 Å². The first kappa shape index (κ1) is 12.7. The summed E-state index contributed by atoms with van der Waals surface area (Å²) in [5, 5.41) is 6.82. The van der Waals surface area contributed by atoms with Crippen LogP contribution in [0.1, 0.15) is 49.4 Å². The first-order chi connectivity index (χ1) is 9.24. The highest BCUT2D eigenvalue weighted by atomic mass is 32.1. The Kier molecular flexibility index (Phi) is 3.55. The number of aromatic nitrogens is 3. The monoisotopic (exact) mass is 276 g/mol. The van der Waals surface area contributed by atoms with E-state index in [1.54, 1.807) is 11.3 Å². The molecule has 1 atom stereocenters. The number of imidazole rings is 1. The molecular weight excluding hydrogens is 256 g/mol. The molecule has 0 radical (unpaired) electrons. The standard InChI is InChI=1S/C14H20N4S/c1-10-9-19-13(16-10)11(2)18-8-7-15-14(18)17-12-5-3-4-6-12/h7-9,11-12H,3-6H2,1-2H3,(H,15,17). The van der Waals surface area contributed by atoms with Gasteiger partial charge in [0.2, 0.25) is 5.95 Å². The molecule has 3 rings (SSSR count). The van der Waals surface area contributed by atoms with Gasteiger partial charge < -0.3 is 9.88 Å². The predicted molar refractivity (Wildman–Crippen MR) is 78.8 cm³/mol. The van der Waals surface area contributed by atoms with E-state index in [-0.39, 0.29) is 6.04 Å². The second kappa shape index (κ2) is 5.33. The van der Waals surface area contributed by atoms with Gasteiger partial charge in [-0.25, -0.2) is 9.97 Å². The second-order valence-corrected chi connectivity index (χ2v) is 6.18. The molecule has 0 amide bonds. The van der Waals surface area contributed by atoms with E-state index in [0.717, 1.165) is 16.6 Å². The number of anilines is 1. The average molecular weight is 276 g/mol. The Bertz CT molecular complexity index is 539. The zero-order valence-electron chi connectivity index (χ0n) is 11.5. The topological polar surface area (TPSA) is 42.7 Å². The maximum Gasteiger partial charge on any atom is 0.203 e. The van der Waals surface area contributed by atoms with Crippen molar-refractivity contribution in [3.63, 3.8) is 0 Å². The Labute approximate surface area is 117 Å². The van der Waals surface area contributed by atoms with Gasteiger partial charge in [0.25, 0.3) is 0 Å². The van der Waals surface area contributed by atoms with Gasteiger partial charge in [-0.2, -0.15) is 0 Å². The normalized spacial score (nSPS) is 17.8. The third-order valence-electron chi connectivity index (χ3n) is 3.77. The van der Waals surface area contributed by atoms with Crippen LogP contribution in [0.5, 0.6) is 0 Å². The van der Waals surface area contributed by atoms with Crippen LogP contribution in [0.4, 0.5) is 5.95 Å². The predicted octanol–water partition coefficient (Wildman–Crippen LogP) is 3.61. The van der Waals surface area contributed by atoms with Crippen molar-refractivity contribution in [3.05, 3.63) is 28.5 Å². The van der Waals surface area contributed by atoms with Crippen molar-refractivity contribution in [1.82, 2.24) is 14.5 Å². The summed E-state index contributed by atoms with van der Waals surface area (Å²) in [6.07, 6.45) is 9.10. The van der Waals surface area contributed by atoms with Crippen molar-refractivity contribution >= 4 is 17.3 Å². The van der Waals surface area contributed by atoms with Crippen molar-refractivity contribution in [2.75, 3.05) is 5.32 Å². The highest BCUT2D eigenvalue weighted by Gasteiger charge is 2.19. The molecule has 0 bridgehead atoms. The van der Waals surface area contributed by atoms with E-state index in [4.69, 9.17) is 0 Å². The highest BCUT2D eigenvalue weighted by molar-refractivity contribution is 7.09. The summed E-state index contributed by atoms with van der Waals surface area (Å²) in [4.78, 5) is 9.04. The molecule has 1 saturated carbocycles. The number of hydrogen-bond donors (Lipinski definition) is 1. The lowest BCUT2D eigenvalue weighted by atomic mass is 10.2. The molecule has 4 nitrogen and oxygen atoms in total. The summed E-state index contributed by atoms with van der Waals surface area (Å²) in [5.74, 6) is 0.979. The minimum absolute atomic E-state index is 0.241. The van der Waals surface area contributed by atoms with Gasteiger partial charge >= 0.3 is 0 Å². The van der Waals surface area contributed by atoms with Crippen LogP contribution in [0, 0.1) is 6.92 Å². The summed E-state index contributed by atoms with van der Waals surface area (Å²) in [7, 11) is 0. The maximum absolute atomic E-state index is 4.58. The number of nitrogens with zero attached hydrogens (tertiary/aromatic N) is 3. The summed E-state index contributed by atoms with van der Waals surface area (Å²) in [6.45, 7) is 4.22. The van der Waals surface area contributed by atoms with E-state index in [1.165, 1.54) is 25.7 Å². The minimum Gasteiger partial charge on any atom is -0.353 e. The quantitative estimate of drug-likeness (QED) is 0.927. The van der Waals surface area contributed by atoms with Gasteiger partial charge in [-0.1, -0.05) is 12.8 Å². The first-order valence-corrected chi connectivity index (χ1v) is 7.83. The smallest absolute Gasteiger partial charge is 0.203 e. The van der Waals surface area contributed by atoms with E-state index in [2.05, 4.69) is 32.2 Å². The molecule has 1 aliphatic carbocycles. The lowest BCUT2D eigenvalue weighted by molar-refractivity contribution is 0.625. The molecule has 0 saturated heterocycles. The van der Waals surface area contributed by atoms with Crippen LogP contribution < -0.4 is 5.32 Å². The molecule has 5 heteroatoms. The maximum atomic E-state index is 4.58. The molecule has 0 aromatic carbocycles. The number of aryl methyl sites for hydroxylation is 1. The summed E-state index contributed by atoms with van der Waals surface area (Å²) in [5.41, 5.74) is 1.09. The van der Waals surface area contributed by atoms with Crippen LogP contribution in [0.2, 0.25) is 0 Å².